The molecule has 5 heteroatoms. The van der Waals surface area contributed by atoms with E-state index in [9.17, 15) is 4.79 Å². The molecule has 0 atom stereocenters. The van der Waals surface area contributed by atoms with Gasteiger partial charge in [-0.25, -0.2) is 4.98 Å². The minimum Gasteiger partial charge on any atom is -0.396 e. The SMILES string of the molecule is CC(C)(C)c1nc(CC(=O)NC2CCC(CO)CC2)cs1. The van der Waals surface area contributed by atoms with Gasteiger partial charge in [0.15, 0.2) is 0 Å². The zero-order valence-corrected chi connectivity index (χ0v) is 14.0. The van der Waals surface area contributed by atoms with Gasteiger partial charge in [0.1, 0.15) is 0 Å². The number of carbonyl (C=O) groups is 1. The van der Waals surface area contributed by atoms with Crippen LogP contribution in [0.15, 0.2) is 5.38 Å². The first-order valence-electron chi connectivity index (χ1n) is 7.73. The Labute approximate surface area is 131 Å². The van der Waals surface area contributed by atoms with Crippen LogP contribution in [-0.2, 0) is 16.6 Å². The zero-order chi connectivity index (χ0) is 15.5. The summed E-state index contributed by atoms with van der Waals surface area (Å²) in [7, 11) is 0. The molecule has 1 aliphatic rings. The molecule has 1 aliphatic carbocycles. The quantitative estimate of drug-likeness (QED) is 0.898. The van der Waals surface area contributed by atoms with Crippen LogP contribution < -0.4 is 5.32 Å². The molecule has 0 spiro atoms. The van der Waals surface area contributed by atoms with Gasteiger partial charge in [-0.05, 0) is 31.6 Å². The van der Waals surface area contributed by atoms with Crippen LogP contribution in [0.3, 0.4) is 0 Å². The van der Waals surface area contributed by atoms with E-state index in [1.165, 1.54) is 0 Å². The molecule has 2 N–H and O–H groups in total. The van der Waals surface area contributed by atoms with Crippen molar-refractivity contribution in [3.8, 4) is 0 Å². The molecule has 0 aliphatic heterocycles. The summed E-state index contributed by atoms with van der Waals surface area (Å²) in [5.41, 5.74) is 0.911. The van der Waals surface area contributed by atoms with E-state index in [2.05, 4.69) is 31.1 Å². The summed E-state index contributed by atoms with van der Waals surface area (Å²) in [5, 5.41) is 15.3. The van der Waals surface area contributed by atoms with E-state index in [0.29, 0.717) is 12.3 Å². The van der Waals surface area contributed by atoms with Crippen molar-refractivity contribution in [1.82, 2.24) is 10.3 Å². The number of carbonyl (C=O) groups excluding carboxylic acids is 1. The average Bonchev–Trinajstić information content (AvgIpc) is 2.88. The molecule has 1 amide bonds. The van der Waals surface area contributed by atoms with E-state index < -0.39 is 0 Å². The maximum absolute atomic E-state index is 12.1. The Hall–Kier alpha value is -0.940. The summed E-state index contributed by atoms with van der Waals surface area (Å²) in [5.74, 6) is 0.485. The van der Waals surface area contributed by atoms with Crippen LogP contribution in [0, 0.1) is 5.92 Å². The van der Waals surface area contributed by atoms with E-state index >= 15 is 0 Å². The van der Waals surface area contributed by atoms with Gasteiger partial charge in [0.25, 0.3) is 0 Å². The smallest absolute Gasteiger partial charge is 0.226 e. The number of aliphatic hydroxyl groups is 1. The van der Waals surface area contributed by atoms with Gasteiger partial charge in [0.05, 0.1) is 17.1 Å². The van der Waals surface area contributed by atoms with Crippen molar-refractivity contribution in [2.45, 2.75) is 64.3 Å². The van der Waals surface area contributed by atoms with Gasteiger partial charge in [0.2, 0.25) is 5.91 Å². The molecule has 21 heavy (non-hydrogen) atoms. The summed E-state index contributed by atoms with van der Waals surface area (Å²) >= 11 is 1.63. The van der Waals surface area contributed by atoms with E-state index in [4.69, 9.17) is 5.11 Å². The van der Waals surface area contributed by atoms with Crippen LogP contribution in [0.5, 0.6) is 0 Å². The van der Waals surface area contributed by atoms with Gasteiger partial charge in [-0.2, -0.15) is 0 Å². The second-order valence-electron chi connectivity index (χ2n) is 7.04. The molecule has 1 fully saturated rings. The monoisotopic (exact) mass is 310 g/mol. The number of thiazole rings is 1. The van der Waals surface area contributed by atoms with Crippen LogP contribution in [0.4, 0.5) is 0 Å². The molecular weight excluding hydrogens is 284 g/mol. The molecule has 0 aromatic carbocycles. The molecule has 0 radical (unpaired) electrons. The van der Waals surface area contributed by atoms with Crippen molar-refractivity contribution in [3.63, 3.8) is 0 Å². The van der Waals surface area contributed by atoms with Crippen molar-refractivity contribution in [2.24, 2.45) is 5.92 Å². The third-order valence-corrected chi connectivity index (χ3v) is 5.32. The second-order valence-corrected chi connectivity index (χ2v) is 7.90. The fourth-order valence-corrected chi connectivity index (χ4v) is 3.57. The molecule has 1 aromatic rings. The van der Waals surface area contributed by atoms with Crippen LogP contribution in [0.25, 0.3) is 0 Å². The van der Waals surface area contributed by atoms with Gasteiger partial charge in [-0.1, -0.05) is 20.8 Å². The van der Waals surface area contributed by atoms with Gasteiger partial charge >= 0.3 is 0 Å². The summed E-state index contributed by atoms with van der Waals surface area (Å²) in [6, 6.07) is 0.265. The van der Waals surface area contributed by atoms with Gasteiger partial charge in [0, 0.05) is 23.4 Å². The van der Waals surface area contributed by atoms with Crippen molar-refractivity contribution in [2.75, 3.05) is 6.61 Å². The fraction of sp³-hybridized carbons (Fsp3) is 0.750. The minimum atomic E-state index is 0.0437. The van der Waals surface area contributed by atoms with E-state index in [1.54, 1.807) is 11.3 Å². The normalized spacial score (nSPS) is 23.0. The molecule has 1 heterocycles. The summed E-state index contributed by atoms with van der Waals surface area (Å²) in [6.45, 7) is 6.68. The highest BCUT2D eigenvalue weighted by molar-refractivity contribution is 7.09. The largest absolute Gasteiger partial charge is 0.396 e. The van der Waals surface area contributed by atoms with Gasteiger partial charge < -0.3 is 10.4 Å². The Morgan fingerprint density at radius 3 is 2.57 bits per heavy atom. The predicted octanol–water partition coefficient (Wildman–Crippen LogP) is 2.65. The van der Waals surface area contributed by atoms with Crippen LogP contribution in [-0.4, -0.2) is 28.6 Å². The Balaban J connectivity index is 1.81. The Bertz CT molecular complexity index is 471. The first-order valence-corrected chi connectivity index (χ1v) is 8.61. The molecule has 0 unspecified atom stereocenters. The number of rotatable bonds is 4. The highest BCUT2D eigenvalue weighted by Crippen LogP contribution is 2.26. The summed E-state index contributed by atoms with van der Waals surface area (Å²) in [4.78, 5) is 16.7. The molecule has 2 rings (SSSR count). The third-order valence-electron chi connectivity index (χ3n) is 4.01. The molecule has 0 bridgehead atoms. The lowest BCUT2D eigenvalue weighted by atomic mass is 9.86. The van der Waals surface area contributed by atoms with Crippen molar-refractivity contribution in [3.05, 3.63) is 16.1 Å². The van der Waals surface area contributed by atoms with Gasteiger partial charge in [-0.3, -0.25) is 4.79 Å². The maximum atomic E-state index is 12.1. The standard InChI is InChI=1S/C16H26N2O2S/c1-16(2,3)15-18-13(10-21-15)8-14(20)17-12-6-4-11(9-19)5-7-12/h10-12,19H,4-9H2,1-3H3,(H,17,20). The summed E-state index contributed by atoms with van der Waals surface area (Å²) < 4.78 is 0. The van der Waals surface area contributed by atoms with Crippen molar-refractivity contribution < 1.29 is 9.90 Å². The number of nitrogens with one attached hydrogen (secondary N) is 1. The highest BCUT2D eigenvalue weighted by atomic mass is 32.1. The van der Waals surface area contributed by atoms with Crippen molar-refractivity contribution >= 4 is 17.2 Å². The van der Waals surface area contributed by atoms with E-state index in [0.717, 1.165) is 36.4 Å². The molecule has 0 saturated heterocycles. The van der Waals surface area contributed by atoms with Crippen LogP contribution in [0.2, 0.25) is 0 Å². The lowest BCUT2D eigenvalue weighted by Crippen LogP contribution is -2.38. The zero-order valence-electron chi connectivity index (χ0n) is 13.2. The highest BCUT2D eigenvalue weighted by Gasteiger charge is 2.23. The van der Waals surface area contributed by atoms with Crippen LogP contribution in [0.1, 0.15) is 57.2 Å². The lowest BCUT2D eigenvalue weighted by molar-refractivity contribution is -0.121. The number of nitrogens with zero attached hydrogens (tertiary/aromatic N) is 1. The maximum Gasteiger partial charge on any atom is 0.226 e. The number of hydrogen-bond donors (Lipinski definition) is 2. The average molecular weight is 310 g/mol. The van der Waals surface area contributed by atoms with E-state index in [-0.39, 0.29) is 24.0 Å². The van der Waals surface area contributed by atoms with E-state index in [1.807, 2.05) is 5.38 Å². The third kappa shape index (κ3) is 4.78. The first-order chi connectivity index (χ1) is 9.88. The predicted molar refractivity (Wildman–Crippen MR) is 85.5 cm³/mol. The molecule has 1 saturated carbocycles. The number of hydrogen-bond acceptors (Lipinski definition) is 4. The first kappa shape index (κ1) is 16.4. The Kier molecular flexibility index (Phi) is 5.38. The summed E-state index contributed by atoms with van der Waals surface area (Å²) in [6.07, 6.45) is 4.33. The molecular formula is C16H26N2O2S. The lowest BCUT2D eigenvalue weighted by Gasteiger charge is -2.27. The van der Waals surface area contributed by atoms with Gasteiger partial charge in [-0.15, -0.1) is 11.3 Å². The Morgan fingerprint density at radius 2 is 2.05 bits per heavy atom. The van der Waals surface area contributed by atoms with Crippen molar-refractivity contribution in [1.29, 1.82) is 0 Å². The molecule has 118 valence electrons. The van der Waals surface area contributed by atoms with Crippen LogP contribution >= 0.6 is 11.3 Å². The molecule has 4 nitrogen and oxygen atoms in total. The number of aliphatic hydroxyl groups excluding tert-OH is 1. The molecule has 1 aromatic heterocycles. The topological polar surface area (TPSA) is 62.2 Å². The second kappa shape index (κ2) is 6.88. The minimum absolute atomic E-state index is 0.0437. The fourth-order valence-electron chi connectivity index (χ4n) is 2.67. The number of aromatic nitrogens is 1. The number of amides is 1. The Morgan fingerprint density at radius 1 is 1.38 bits per heavy atom.